The minimum absolute atomic E-state index is 0.0562. The number of benzene rings is 2. The van der Waals surface area contributed by atoms with Crippen LogP contribution < -0.4 is 14.4 Å². The van der Waals surface area contributed by atoms with Crippen molar-refractivity contribution in [2.45, 2.75) is 26.3 Å². The molecule has 0 unspecified atom stereocenters. The summed E-state index contributed by atoms with van der Waals surface area (Å²) in [5, 5.41) is 9.52. The number of ether oxygens (including phenoxy) is 2. The van der Waals surface area contributed by atoms with Gasteiger partial charge in [0.25, 0.3) is 5.91 Å². The van der Waals surface area contributed by atoms with E-state index in [2.05, 4.69) is 19.3 Å². The van der Waals surface area contributed by atoms with E-state index in [4.69, 9.17) is 4.74 Å². The van der Waals surface area contributed by atoms with Crippen LogP contribution in [0.15, 0.2) is 48.5 Å². The first kappa shape index (κ1) is 31.2. The van der Waals surface area contributed by atoms with Gasteiger partial charge in [0.15, 0.2) is 5.13 Å². The number of sulfonamides is 1. The summed E-state index contributed by atoms with van der Waals surface area (Å²) in [5.74, 6) is -1.45. The molecule has 10 nitrogen and oxygen atoms in total. The molecular weight excluding hydrogens is 595 g/mol. The maximum Gasteiger partial charge on any atom is 0.573 e. The lowest BCUT2D eigenvalue weighted by Gasteiger charge is -2.26. The van der Waals surface area contributed by atoms with Crippen LogP contribution >= 0.6 is 11.3 Å². The molecule has 0 saturated carbocycles. The summed E-state index contributed by atoms with van der Waals surface area (Å²) in [6.07, 6.45) is -4.47. The summed E-state index contributed by atoms with van der Waals surface area (Å²) in [4.78, 5) is 21.7. The number of thiazole rings is 1. The van der Waals surface area contributed by atoms with Gasteiger partial charge in [0.05, 0.1) is 37.1 Å². The number of hydrogen-bond donors (Lipinski definition) is 1. The first-order valence-corrected chi connectivity index (χ1v) is 15.3. The Balaban J connectivity index is 1.51. The minimum Gasteiger partial charge on any atom is -0.406 e. The Labute approximate surface area is 245 Å². The summed E-state index contributed by atoms with van der Waals surface area (Å²) in [5.41, 5.74) is 1.57. The summed E-state index contributed by atoms with van der Waals surface area (Å²) in [7, 11) is -3.91. The average molecular weight is 624 g/mol. The normalized spacial score (nSPS) is 14.3. The third kappa shape index (κ3) is 8.89. The molecule has 42 heavy (non-hydrogen) atoms. The quantitative estimate of drug-likeness (QED) is 0.332. The van der Waals surface area contributed by atoms with Crippen molar-refractivity contribution in [1.82, 2.24) is 14.6 Å². The molecule has 0 aliphatic carbocycles. The Morgan fingerprint density at radius 3 is 2.45 bits per heavy atom. The van der Waals surface area contributed by atoms with E-state index in [1.54, 1.807) is 36.1 Å². The number of morpholine rings is 1. The molecule has 224 valence electrons. The molecule has 3 aromatic rings. The van der Waals surface area contributed by atoms with Crippen molar-refractivity contribution < 1.29 is 35.9 Å². The van der Waals surface area contributed by atoms with Crippen LogP contribution in [0.4, 0.5) is 24.0 Å². The van der Waals surface area contributed by atoms with E-state index in [1.165, 1.54) is 24.3 Å². The smallest absolute Gasteiger partial charge is 0.406 e. The number of rotatable bonds is 11. The molecule has 1 aliphatic rings. The van der Waals surface area contributed by atoms with E-state index in [-0.39, 0.29) is 23.7 Å². The molecule has 1 amide bonds. The van der Waals surface area contributed by atoms with Crippen molar-refractivity contribution in [2.75, 3.05) is 43.5 Å². The maximum atomic E-state index is 13.0. The number of alkyl halides is 3. The maximum absolute atomic E-state index is 13.0. The number of hydrogen-bond acceptors (Lipinski definition) is 10. The predicted octanol–water partition coefficient (Wildman–Crippen LogP) is 4.34. The summed E-state index contributed by atoms with van der Waals surface area (Å²) >= 11 is 1.15. The fraction of sp³-hybridized carbons (Fsp3) is 0.370. The van der Waals surface area contributed by atoms with Crippen molar-refractivity contribution in [3.05, 3.63) is 70.2 Å². The number of anilines is 2. The highest BCUT2D eigenvalue weighted by atomic mass is 32.2. The van der Waals surface area contributed by atoms with Gasteiger partial charge in [0, 0.05) is 23.7 Å². The third-order valence-corrected chi connectivity index (χ3v) is 8.59. The number of nitriles is 1. The van der Waals surface area contributed by atoms with Crippen LogP contribution in [-0.2, 0) is 21.3 Å². The first-order valence-electron chi connectivity index (χ1n) is 12.9. The second-order valence-electron chi connectivity index (χ2n) is 9.40. The molecule has 0 atom stereocenters. The Morgan fingerprint density at radius 2 is 1.83 bits per heavy atom. The predicted molar refractivity (Wildman–Crippen MR) is 150 cm³/mol. The number of carbonyl (C=O) groups is 1. The van der Waals surface area contributed by atoms with E-state index in [1.807, 2.05) is 6.07 Å². The number of nitrogens with zero attached hydrogens (tertiary/aromatic N) is 4. The van der Waals surface area contributed by atoms with Gasteiger partial charge in [-0.05, 0) is 61.9 Å². The molecule has 0 spiro atoms. The van der Waals surface area contributed by atoms with Crippen LogP contribution in [-0.4, -0.2) is 69.2 Å². The van der Waals surface area contributed by atoms with Crippen molar-refractivity contribution in [1.29, 1.82) is 5.26 Å². The van der Waals surface area contributed by atoms with Crippen molar-refractivity contribution in [3.63, 3.8) is 0 Å². The van der Waals surface area contributed by atoms with E-state index in [0.717, 1.165) is 24.4 Å². The lowest BCUT2D eigenvalue weighted by atomic mass is 10.1. The number of halogens is 3. The lowest BCUT2D eigenvalue weighted by molar-refractivity contribution is -0.274. The Hall–Kier alpha value is -3.71. The third-order valence-electron chi connectivity index (χ3n) is 6.28. The summed E-state index contributed by atoms with van der Waals surface area (Å²) in [6.45, 7) is 5.02. The van der Waals surface area contributed by atoms with Gasteiger partial charge in [-0.3, -0.25) is 9.69 Å². The first-order chi connectivity index (χ1) is 19.9. The van der Waals surface area contributed by atoms with Crippen molar-refractivity contribution in [2.24, 2.45) is 0 Å². The lowest BCUT2D eigenvalue weighted by Crippen LogP contribution is -2.38. The molecule has 1 aromatic heterocycles. The molecule has 1 saturated heterocycles. The molecule has 1 fully saturated rings. The van der Waals surface area contributed by atoms with Crippen molar-refractivity contribution in [3.8, 4) is 11.8 Å². The van der Waals surface area contributed by atoms with Crippen LogP contribution in [0.3, 0.4) is 0 Å². The molecule has 4 rings (SSSR count). The van der Waals surface area contributed by atoms with E-state index in [0.29, 0.717) is 53.0 Å². The number of aromatic nitrogens is 1. The standard InChI is InChI=1S/C27H28F3N5O5S2/c1-19-24(25(36)33-42(37,38)16-2-11-34-12-14-39-15-13-34)32-26(41-19)35(22-7-3-20(17-31)4-8-22)18-21-5-9-23(10-6-21)40-27(28,29)30/h3-10H,2,11-16,18H2,1H3,(H,33,36). The average Bonchev–Trinajstić information content (AvgIpc) is 3.33. The van der Waals surface area contributed by atoms with Crippen LogP contribution in [0.2, 0.25) is 0 Å². The summed E-state index contributed by atoms with van der Waals surface area (Å²) < 4.78 is 74.3. The zero-order valence-electron chi connectivity index (χ0n) is 22.6. The topological polar surface area (TPSA) is 125 Å². The van der Waals surface area contributed by atoms with Crippen LogP contribution in [0, 0.1) is 18.3 Å². The molecule has 2 heterocycles. The molecule has 0 radical (unpaired) electrons. The van der Waals surface area contributed by atoms with E-state index >= 15 is 0 Å². The van der Waals surface area contributed by atoms with E-state index < -0.39 is 22.3 Å². The van der Waals surface area contributed by atoms with E-state index in [9.17, 15) is 31.6 Å². The van der Waals surface area contributed by atoms with Crippen LogP contribution in [0.5, 0.6) is 5.75 Å². The van der Waals surface area contributed by atoms with Crippen LogP contribution in [0.25, 0.3) is 0 Å². The second-order valence-corrected chi connectivity index (χ2v) is 12.4. The molecule has 0 bridgehead atoms. The second kappa shape index (κ2) is 13.5. The fourth-order valence-corrected chi connectivity index (χ4v) is 6.13. The number of aryl methyl sites for hydroxylation is 1. The fourth-order valence-electron chi connectivity index (χ4n) is 4.22. The molecular formula is C27H28F3N5O5S2. The Kier molecular flexibility index (Phi) is 10.0. The SMILES string of the molecule is Cc1sc(N(Cc2ccc(OC(F)(F)F)cc2)c2ccc(C#N)cc2)nc1C(=O)NS(=O)(=O)CCCN1CCOCC1. The minimum atomic E-state index is -4.82. The van der Waals surface area contributed by atoms with Gasteiger partial charge in [-0.1, -0.05) is 12.1 Å². The zero-order valence-corrected chi connectivity index (χ0v) is 24.2. The van der Waals surface area contributed by atoms with Gasteiger partial charge in [-0.2, -0.15) is 5.26 Å². The highest BCUT2D eigenvalue weighted by molar-refractivity contribution is 7.90. The molecule has 15 heteroatoms. The van der Waals surface area contributed by atoms with Gasteiger partial charge >= 0.3 is 6.36 Å². The Bertz CT molecular complexity index is 1520. The van der Waals surface area contributed by atoms with Gasteiger partial charge in [0.1, 0.15) is 11.4 Å². The Morgan fingerprint density at radius 1 is 1.17 bits per heavy atom. The molecule has 2 aromatic carbocycles. The van der Waals surface area contributed by atoms with Crippen LogP contribution in [0.1, 0.15) is 32.9 Å². The van der Waals surface area contributed by atoms with Gasteiger partial charge in [0.2, 0.25) is 10.0 Å². The zero-order chi connectivity index (χ0) is 30.3. The highest BCUT2D eigenvalue weighted by Gasteiger charge is 2.31. The van der Waals surface area contributed by atoms with Gasteiger partial charge in [-0.15, -0.1) is 24.5 Å². The number of amides is 1. The summed E-state index contributed by atoms with van der Waals surface area (Å²) in [6, 6.07) is 13.9. The largest absolute Gasteiger partial charge is 0.573 e. The highest BCUT2D eigenvalue weighted by Crippen LogP contribution is 2.34. The molecule has 1 aliphatic heterocycles. The number of carbonyl (C=O) groups excluding carboxylic acids is 1. The number of nitrogens with one attached hydrogen (secondary N) is 1. The van der Waals surface area contributed by atoms with Gasteiger partial charge < -0.3 is 14.4 Å². The van der Waals surface area contributed by atoms with Crippen molar-refractivity contribution >= 4 is 38.1 Å². The molecule has 1 N–H and O–H groups in total. The monoisotopic (exact) mass is 623 g/mol. The van der Waals surface area contributed by atoms with Gasteiger partial charge in [-0.25, -0.2) is 18.1 Å².